The van der Waals surface area contributed by atoms with E-state index >= 15 is 0 Å². The summed E-state index contributed by atoms with van der Waals surface area (Å²) in [6.07, 6.45) is 18.0. The number of hydrogen-bond donors (Lipinski definition) is 0. The Bertz CT molecular complexity index is 3450. The molecule has 2 aliphatic rings. The van der Waals surface area contributed by atoms with Crippen molar-refractivity contribution in [2.75, 3.05) is 9.80 Å². The summed E-state index contributed by atoms with van der Waals surface area (Å²) in [7, 11) is 0. The maximum atomic E-state index is 2.47. The highest BCUT2D eigenvalue weighted by atomic mass is 15.2. The van der Waals surface area contributed by atoms with Crippen molar-refractivity contribution in [2.24, 2.45) is 0 Å². The molecule has 0 aliphatic heterocycles. The van der Waals surface area contributed by atoms with Gasteiger partial charge in [0, 0.05) is 67.1 Å². The van der Waals surface area contributed by atoms with Gasteiger partial charge in [-0.25, -0.2) is 0 Å². The van der Waals surface area contributed by atoms with Gasteiger partial charge >= 0.3 is 0 Å². The minimum atomic E-state index is 1.02. The van der Waals surface area contributed by atoms with Gasteiger partial charge in [-0.1, -0.05) is 133 Å². The molecule has 0 atom stereocenters. The molecule has 4 heteroatoms. The lowest BCUT2D eigenvalue weighted by Gasteiger charge is -2.31. The topological polar surface area (TPSA) is 16.3 Å². The zero-order chi connectivity index (χ0) is 42.4. The molecule has 0 saturated heterocycles. The van der Waals surface area contributed by atoms with Gasteiger partial charge in [-0.2, -0.15) is 0 Å². The molecular weight excluding hydrogens is 777 g/mol. The summed E-state index contributed by atoms with van der Waals surface area (Å²) in [4.78, 5) is 4.81. The molecule has 4 nitrogen and oxygen atoms in total. The van der Waals surface area contributed by atoms with Crippen molar-refractivity contribution in [1.82, 2.24) is 9.13 Å². The number of nitrogens with zero attached hydrogens (tertiary/aromatic N) is 4. The smallest absolute Gasteiger partial charge is 0.0561 e. The molecular formula is C60H46N4. The Hall–Kier alpha value is -8.08. The van der Waals surface area contributed by atoms with E-state index in [4.69, 9.17) is 0 Å². The van der Waals surface area contributed by atoms with Crippen molar-refractivity contribution >= 4 is 66.4 Å². The summed E-state index contributed by atoms with van der Waals surface area (Å²) in [5.41, 5.74) is 16.5. The third-order valence-electron chi connectivity index (χ3n) is 12.9. The van der Waals surface area contributed by atoms with Crippen LogP contribution in [0.25, 0.3) is 66.1 Å². The number of fused-ring (bicyclic) bond motifs is 6. The second kappa shape index (κ2) is 16.0. The molecule has 12 rings (SSSR count). The molecule has 2 heterocycles. The van der Waals surface area contributed by atoms with Crippen molar-refractivity contribution in [3.05, 3.63) is 242 Å². The highest BCUT2D eigenvalue weighted by Gasteiger charge is 2.21. The van der Waals surface area contributed by atoms with Crippen molar-refractivity contribution in [2.45, 2.75) is 25.7 Å². The van der Waals surface area contributed by atoms with Crippen molar-refractivity contribution < 1.29 is 0 Å². The zero-order valence-electron chi connectivity index (χ0n) is 35.6. The standard InChI is InChI=1S/C60H46N4/c1-5-19-45(20-6-1)61(46-21-7-2-8-22-46)51-36-38-55-53-28-13-15-30-57(53)63(59(55)41-51)49-34-32-43(33-35-49)44-18-17-27-50(40-44)64-58-31-16-14-29-54(58)56-39-37-52(42-60(56)64)62(47-23-9-3-10-24-47)48-25-11-4-12-26-48/h1-3,5-9,11,13-23,25-42H,4,10,12,24H2. The molecule has 10 aromatic rings. The number of aromatic nitrogens is 2. The molecule has 0 fully saturated rings. The van der Waals surface area contributed by atoms with Crippen LogP contribution in [0.1, 0.15) is 25.7 Å². The number of benzene rings is 8. The van der Waals surface area contributed by atoms with E-state index < -0.39 is 0 Å². The van der Waals surface area contributed by atoms with Crippen LogP contribution < -0.4 is 9.80 Å². The summed E-state index contributed by atoms with van der Waals surface area (Å²) >= 11 is 0. The Morgan fingerprint density at radius 3 is 1.58 bits per heavy atom. The Balaban J connectivity index is 0.951. The number of rotatable bonds is 9. The summed E-state index contributed by atoms with van der Waals surface area (Å²) in [5, 5.41) is 4.98. The molecule has 0 spiro atoms. The van der Waals surface area contributed by atoms with E-state index in [1.165, 1.54) is 71.8 Å². The SMILES string of the molecule is C1=CCCC(N(C2=CCCC=C2)c2ccc3c4ccccc4n(-c4cccc(-c5ccc(-n6c7ccccc7c7ccc(N(c8ccccc8)c8ccccc8)cc76)cc5)c4)c3c2)=C1. The maximum absolute atomic E-state index is 2.47. The second-order valence-electron chi connectivity index (χ2n) is 16.8. The highest BCUT2D eigenvalue weighted by Crippen LogP contribution is 2.41. The van der Waals surface area contributed by atoms with Gasteiger partial charge in [-0.05, 0) is 134 Å². The van der Waals surface area contributed by atoms with Crippen LogP contribution in [0.15, 0.2) is 242 Å². The maximum Gasteiger partial charge on any atom is 0.0561 e. The minimum Gasteiger partial charge on any atom is -0.314 e. The molecule has 306 valence electrons. The quantitative estimate of drug-likeness (QED) is 0.144. The number of para-hydroxylation sites is 4. The first-order valence-electron chi connectivity index (χ1n) is 22.5. The fraction of sp³-hybridized carbons (Fsp3) is 0.0667. The first kappa shape index (κ1) is 37.7. The van der Waals surface area contributed by atoms with E-state index in [1.54, 1.807) is 0 Å². The molecule has 2 aromatic heterocycles. The fourth-order valence-corrected chi connectivity index (χ4v) is 10.0. The summed E-state index contributed by atoms with van der Waals surface area (Å²) in [6.45, 7) is 0. The highest BCUT2D eigenvalue weighted by molar-refractivity contribution is 6.11. The van der Waals surface area contributed by atoms with E-state index in [9.17, 15) is 0 Å². The number of anilines is 4. The summed E-state index contributed by atoms with van der Waals surface area (Å²) in [6, 6.07) is 70.9. The molecule has 0 unspecified atom stereocenters. The first-order chi connectivity index (χ1) is 31.8. The summed E-state index contributed by atoms with van der Waals surface area (Å²) in [5.74, 6) is 0. The van der Waals surface area contributed by atoms with Gasteiger partial charge in [0.1, 0.15) is 0 Å². The molecule has 2 aliphatic carbocycles. The van der Waals surface area contributed by atoms with Crippen LogP contribution in [0.3, 0.4) is 0 Å². The van der Waals surface area contributed by atoms with E-state index in [2.05, 4.69) is 250 Å². The fourth-order valence-electron chi connectivity index (χ4n) is 10.0. The van der Waals surface area contributed by atoms with Gasteiger partial charge in [0.2, 0.25) is 0 Å². The van der Waals surface area contributed by atoms with Crippen LogP contribution in [-0.2, 0) is 0 Å². The van der Waals surface area contributed by atoms with Gasteiger partial charge in [0.15, 0.2) is 0 Å². The van der Waals surface area contributed by atoms with E-state index in [1.807, 2.05) is 0 Å². The lowest BCUT2D eigenvalue weighted by molar-refractivity contribution is 0.887. The Morgan fingerprint density at radius 2 is 0.969 bits per heavy atom. The van der Waals surface area contributed by atoms with Crippen molar-refractivity contribution in [1.29, 1.82) is 0 Å². The van der Waals surface area contributed by atoms with Crippen LogP contribution in [0.4, 0.5) is 22.7 Å². The van der Waals surface area contributed by atoms with Crippen LogP contribution in [0, 0.1) is 0 Å². The lowest BCUT2D eigenvalue weighted by atomic mass is 10.0. The molecule has 8 aromatic carbocycles. The van der Waals surface area contributed by atoms with Crippen LogP contribution in [-0.4, -0.2) is 9.13 Å². The largest absolute Gasteiger partial charge is 0.314 e. The van der Waals surface area contributed by atoms with Gasteiger partial charge in [-0.3, -0.25) is 0 Å². The Kier molecular flexibility index (Phi) is 9.41. The van der Waals surface area contributed by atoms with Gasteiger partial charge in [0.25, 0.3) is 0 Å². The minimum absolute atomic E-state index is 1.02. The number of allylic oxidation sites excluding steroid dienone is 7. The third kappa shape index (κ3) is 6.54. The zero-order valence-corrected chi connectivity index (χ0v) is 35.6. The third-order valence-corrected chi connectivity index (χ3v) is 12.9. The monoisotopic (exact) mass is 822 g/mol. The molecule has 0 saturated carbocycles. The summed E-state index contributed by atoms with van der Waals surface area (Å²) < 4.78 is 4.87. The number of hydrogen-bond acceptors (Lipinski definition) is 2. The Labute approximate surface area is 373 Å². The predicted molar refractivity (Wildman–Crippen MR) is 271 cm³/mol. The Morgan fingerprint density at radius 1 is 0.375 bits per heavy atom. The lowest BCUT2D eigenvalue weighted by Crippen LogP contribution is -2.22. The second-order valence-corrected chi connectivity index (χ2v) is 16.8. The van der Waals surface area contributed by atoms with E-state index in [0.29, 0.717) is 0 Å². The first-order valence-corrected chi connectivity index (χ1v) is 22.5. The van der Waals surface area contributed by atoms with Gasteiger partial charge in [-0.15, -0.1) is 0 Å². The average molecular weight is 823 g/mol. The van der Waals surface area contributed by atoms with Gasteiger partial charge < -0.3 is 18.9 Å². The molecule has 0 amide bonds. The molecule has 64 heavy (non-hydrogen) atoms. The van der Waals surface area contributed by atoms with Crippen molar-refractivity contribution in [3.63, 3.8) is 0 Å². The molecule has 0 bridgehead atoms. The van der Waals surface area contributed by atoms with Gasteiger partial charge in [0.05, 0.1) is 22.1 Å². The van der Waals surface area contributed by atoms with E-state index in [0.717, 1.165) is 54.1 Å². The van der Waals surface area contributed by atoms with Crippen LogP contribution in [0.5, 0.6) is 0 Å². The van der Waals surface area contributed by atoms with Crippen molar-refractivity contribution in [3.8, 4) is 22.5 Å². The van der Waals surface area contributed by atoms with E-state index in [-0.39, 0.29) is 0 Å². The predicted octanol–water partition coefficient (Wildman–Crippen LogP) is 16.3. The average Bonchev–Trinajstić information content (AvgIpc) is 3.88. The molecule has 0 N–H and O–H groups in total. The molecule has 0 radical (unpaired) electrons. The van der Waals surface area contributed by atoms with Crippen LogP contribution in [0.2, 0.25) is 0 Å². The van der Waals surface area contributed by atoms with Crippen LogP contribution >= 0.6 is 0 Å². The normalized spacial score (nSPS) is 13.8.